The first-order valence-electron chi connectivity index (χ1n) is 14.7. The minimum absolute atomic E-state index is 0.0186. The fourth-order valence-electron chi connectivity index (χ4n) is 5.68. The molecule has 18 N–H and O–H groups in total. The van der Waals surface area contributed by atoms with Gasteiger partial charge in [-0.15, -0.1) is 0 Å². The molecule has 2 aliphatic heterocycles. The number of rotatable bonds is 14. The van der Waals surface area contributed by atoms with Crippen LogP contribution in [0.25, 0.3) is 0 Å². The number of carbonyl (C=O) groups is 1. The van der Waals surface area contributed by atoms with E-state index in [0.717, 1.165) is 0 Å². The Hall–Kier alpha value is -1.17. The first kappa shape index (κ1) is 36.3. The average Bonchev–Trinajstić information content (AvgIpc) is 2.99. The van der Waals surface area contributed by atoms with Crippen molar-refractivity contribution in [2.24, 2.45) is 28.7 Å². The van der Waals surface area contributed by atoms with Gasteiger partial charge in [-0.3, -0.25) is 4.79 Å². The first-order chi connectivity index (χ1) is 20.5. The third-order valence-corrected chi connectivity index (χ3v) is 8.27. The Labute approximate surface area is 250 Å². The van der Waals surface area contributed by atoms with E-state index in [1.54, 1.807) is 0 Å². The number of carbonyl (C=O) groups excluding carboxylic acids is 1. The Balaban J connectivity index is 1.99. The standard InChI is InChI=1S/C25H51N7O11/c26-4-3-15(36)23(39)32-14-5-13(29)21(42-24-12(28)2-1-11(6-27)40-24)18(31-10(7-33)8-34)22(14)43-25-20(38)17(30)19(37)16(9-35)41-25/h10-22,24-25,31,33-38H,1-9,26-30H2,(H,32,39)/t11?,12?,13-,14+,15-,16?,17-,18?,19+,20?,21?,22-,24+,25+/m0/s1. The lowest BCUT2D eigenvalue weighted by Crippen LogP contribution is -2.72. The van der Waals surface area contributed by atoms with Crippen LogP contribution in [0.15, 0.2) is 0 Å². The largest absolute Gasteiger partial charge is 0.395 e. The van der Waals surface area contributed by atoms with Crippen molar-refractivity contribution in [2.45, 2.75) is 117 Å². The maximum absolute atomic E-state index is 12.9. The maximum Gasteiger partial charge on any atom is 0.249 e. The van der Waals surface area contributed by atoms with Gasteiger partial charge in [-0.05, 0) is 32.2 Å². The van der Waals surface area contributed by atoms with Gasteiger partial charge >= 0.3 is 0 Å². The van der Waals surface area contributed by atoms with Gasteiger partial charge in [-0.1, -0.05) is 0 Å². The van der Waals surface area contributed by atoms with Gasteiger partial charge in [0.05, 0.1) is 68.3 Å². The van der Waals surface area contributed by atoms with E-state index in [4.69, 9.17) is 47.6 Å². The van der Waals surface area contributed by atoms with Crippen molar-refractivity contribution in [1.82, 2.24) is 10.6 Å². The minimum Gasteiger partial charge on any atom is -0.395 e. The van der Waals surface area contributed by atoms with Crippen molar-refractivity contribution in [3.63, 3.8) is 0 Å². The molecule has 1 amide bonds. The molecule has 3 rings (SSSR count). The highest BCUT2D eigenvalue weighted by Gasteiger charge is 2.52. The van der Waals surface area contributed by atoms with Crippen molar-refractivity contribution < 1.29 is 54.4 Å². The predicted octanol–water partition coefficient (Wildman–Crippen LogP) is -7.45. The Morgan fingerprint density at radius 1 is 0.930 bits per heavy atom. The van der Waals surface area contributed by atoms with Gasteiger partial charge in [0.15, 0.2) is 12.6 Å². The zero-order chi connectivity index (χ0) is 31.8. The number of nitrogens with two attached hydrogens (primary N) is 5. The zero-order valence-corrected chi connectivity index (χ0v) is 24.1. The summed E-state index contributed by atoms with van der Waals surface area (Å²) in [5.74, 6) is -0.760. The average molecular weight is 626 g/mol. The van der Waals surface area contributed by atoms with Gasteiger partial charge in [-0.25, -0.2) is 0 Å². The molecular formula is C25H51N7O11. The second-order valence-electron chi connectivity index (χ2n) is 11.5. The van der Waals surface area contributed by atoms with Crippen molar-refractivity contribution >= 4 is 5.91 Å². The topological polar surface area (TPSA) is 330 Å². The summed E-state index contributed by atoms with van der Waals surface area (Å²) in [5, 5.41) is 66.8. The van der Waals surface area contributed by atoms with E-state index in [1.165, 1.54) is 0 Å². The molecule has 1 saturated carbocycles. The van der Waals surface area contributed by atoms with Crippen LogP contribution in [-0.4, -0.2) is 161 Å². The van der Waals surface area contributed by atoms with Crippen LogP contribution in [0, 0.1) is 0 Å². The van der Waals surface area contributed by atoms with Crippen LogP contribution in [0.2, 0.25) is 0 Å². The van der Waals surface area contributed by atoms with Gasteiger partial charge in [0.1, 0.15) is 24.4 Å². The second-order valence-corrected chi connectivity index (χ2v) is 11.5. The van der Waals surface area contributed by atoms with E-state index in [0.29, 0.717) is 12.8 Å². The lowest BCUT2D eigenvalue weighted by Gasteiger charge is -2.50. The van der Waals surface area contributed by atoms with Gasteiger partial charge in [0, 0.05) is 12.6 Å². The minimum atomic E-state index is -1.57. The number of amides is 1. The molecule has 0 aromatic heterocycles. The van der Waals surface area contributed by atoms with E-state index >= 15 is 0 Å². The number of ether oxygens (including phenoxy) is 4. The molecule has 0 bridgehead atoms. The fraction of sp³-hybridized carbons (Fsp3) is 0.960. The van der Waals surface area contributed by atoms with Crippen LogP contribution in [0.3, 0.4) is 0 Å². The lowest BCUT2D eigenvalue weighted by molar-refractivity contribution is -0.303. The monoisotopic (exact) mass is 625 g/mol. The summed E-state index contributed by atoms with van der Waals surface area (Å²) in [4.78, 5) is 12.9. The molecule has 18 nitrogen and oxygen atoms in total. The van der Waals surface area contributed by atoms with E-state index in [1.807, 2.05) is 0 Å². The predicted molar refractivity (Wildman–Crippen MR) is 149 cm³/mol. The molecule has 2 heterocycles. The number of aliphatic hydroxyl groups is 6. The van der Waals surface area contributed by atoms with E-state index in [9.17, 15) is 35.4 Å². The van der Waals surface area contributed by atoms with E-state index < -0.39 is 111 Å². The Morgan fingerprint density at radius 3 is 2.21 bits per heavy atom. The molecule has 0 aromatic carbocycles. The second kappa shape index (κ2) is 16.9. The van der Waals surface area contributed by atoms with Crippen molar-refractivity contribution in [1.29, 1.82) is 0 Å². The molecule has 43 heavy (non-hydrogen) atoms. The third kappa shape index (κ3) is 8.97. The molecule has 0 spiro atoms. The summed E-state index contributed by atoms with van der Waals surface area (Å²) >= 11 is 0. The molecule has 1 aliphatic carbocycles. The van der Waals surface area contributed by atoms with Gasteiger partial charge in [0.2, 0.25) is 5.91 Å². The molecule has 14 atom stereocenters. The molecule has 0 radical (unpaired) electrons. The zero-order valence-electron chi connectivity index (χ0n) is 24.1. The molecule has 0 aromatic rings. The molecule has 18 heteroatoms. The Morgan fingerprint density at radius 2 is 1.60 bits per heavy atom. The van der Waals surface area contributed by atoms with E-state index in [-0.39, 0.29) is 32.0 Å². The summed E-state index contributed by atoms with van der Waals surface area (Å²) in [5.41, 5.74) is 30.2. The molecule has 3 fully saturated rings. The summed E-state index contributed by atoms with van der Waals surface area (Å²) in [6.07, 6.45) is -9.29. The third-order valence-electron chi connectivity index (χ3n) is 8.27. The van der Waals surface area contributed by atoms with Crippen molar-refractivity contribution in [3.8, 4) is 0 Å². The highest BCUT2D eigenvalue weighted by atomic mass is 16.7. The SMILES string of the molecule is NCC[C@H](O)C(=O)N[C@@H]1C[C@H](N)C(O[C@H]2OC(CN)CCC2N)C(NC(CO)CO)[C@H]1O[C@H]1OC(CO)[C@@H](O)[C@H](N)C1O. The van der Waals surface area contributed by atoms with Crippen LogP contribution < -0.4 is 39.3 Å². The smallest absolute Gasteiger partial charge is 0.249 e. The van der Waals surface area contributed by atoms with Gasteiger partial charge in [0.25, 0.3) is 0 Å². The molecule has 2 saturated heterocycles. The quantitative estimate of drug-likeness (QED) is 0.0852. The normalized spacial score (nSPS) is 41.3. The number of hydrogen-bond donors (Lipinski definition) is 13. The summed E-state index contributed by atoms with van der Waals surface area (Å²) < 4.78 is 24.2. The molecular weight excluding hydrogens is 574 g/mol. The van der Waals surface area contributed by atoms with Crippen LogP contribution in [0.1, 0.15) is 25.7 Å². The summed E-state index contributed by atoms with van der Waals surface area (Å²) in [6.45, 7) is -1.36. The van der Waals surface area contributed by atoms with Gasteiger partial charge in [-0.2, -0.15) is 0 Å². The van der Waals surface area contributed by atoms with Crippen LogP contribution in [-0.2, 0) is 23.7 Å². The first-order valence-corrected chi connectivity index (χ1v) is 14.7. The fourth-order valence-corrected chi connectivity index (χ4v) is 5.68. The molecule has 3 aliphatic rings. The van der Waals surface area contributed by atoms with Crippen LogP contribution >= 0.6 is 0 Å². The van der Waals surface area contributed by atoms with E-state index in [2.05, 4.69) is 10.6 Å². The van der Waals surface area contributed by atoms with Crippen LogP contribution in [0.4, 0.5) is 0 Å². The Bertz CT molecular complexity index is 847. The number of aliphatic hydroxyl groups excluding tert-OH is 6. The highest BCUT2D eigenvalue weighted by molar-refractivity contribution is 5.80. The molecule has 6 unspecified atom stereocenters. The lowest BCUT2D eigenvalue weighted by atomic mass is 9.81. The van der Waals surface area contributed by atoms with Gasteiger partial charge < -0.3 is 88.9 Å². The number of hydrogen-bond acceptors (Lipinski definition) is 17. The highest BCUT2D eigenvalue weighted by Crippen LogP contribution is 2.32. The van der Waals surface area contributed by atoms with Crippen molar-refractivity contribution in [3.05, 3.63) is 0 Å². The summed E-state index contributed by atoms with van der Waals surface area (Å²) in [6, 6.07) is -5.48. The maximum atomic E-state index is 12.9. The Kier molecular flexibility index (Phi) is 14.3. The number of nitrogens with one attached hydrogen (secondary N) is 2. The summed E-state index contributed by atoms with van der Waals surface area (Å²) in [7, 11) is 0. The van der Waals surface area contributed by atoms with Crippen LogP contribution in [0.5, 0.6) is 0 Å². The molecule has 252 valence electrons. The van der Waals surface area contributed by atoms with Crippen molar-refractivity contribution in [2.75, 3.05) is 32.9 Å².